The van der Waals surface area contributed by atoms with E-state index in [-0.39, 0.29) is 5.97 Å². The monoisotopic (exact) mass is 327 g/mol. The molecule has 104 valence electrons. The first-order valence-corrected chi connectivity index (χ1v) is 7.07. The number of hydrogen-bond acceptors (Lipinski definition) is 4. The van der Waals surface area contributed by atoms with Crippen LogP contribution in [0.5, 0.6) is 5.75 Å². The highest BCUT2D eigenvalue weighted by atomic mass is 79.9. The Labute approximate surface area is 121 Å². The summed E-state index contributed by atoms with van der Waals surface area (Å²) in [5, 5.41) is 0. The van der Waals surface area contributed by atoms with Gasteiger partial charge in [0.05, 0.1) is 20.6 Å². The van der Waals surface area contributed by atoms with E-state index in [4.69, 9.17) is 4.74 Å². The maximum Gasteiger partial charge on any atom is 0.306 e. The smallest absolute Gasteiger partial charge is 0.306 e. The summed E-state index contributed by atoms with van der Waals surface area (Å²) in [6, 6.07) is 4.14. The molecule has 4 nitrogen and oxygen atoms in total. The molecular weight excluding hydrogens is 310 g/mol. The lowest BCUT2D eigenvalue weighted by atomic mass is 9.98. The molecule has 1 aromatic rings. The number of carbonyl (C=O) groups excluding carboxylic acids is 1. The molecule has 0 amide bonds. The normalized spacial score (nSPS) is 14.9. The predicted octanol–water partition coefficient (Wildman–Crippen LogP) is 2.38. The van der Waals surface area contributed by atoms with Crippen molar-refractivity contribution in [3.63, 3.8) is 0 Å². The van der Waals surface area contributed by atoms with Crippen LogP contribution in [0.2, 0.25) is 0 Å². The topological polar surface area (TPSA) is 38.8 Å². The summed E-state index contributed by atoms with van der Waals surface area (Å²) in [6.45, 7) is 2.51. The van der Waals surface area contributed by atoms with E-state index in [0.717, 1.165) is 36.3 Å². The van der Waals surface area contributed by atoms with Crippen LogP contribution in [0.3, 0.4) is 0 Å². The van der Waals surface area contributed by atoms with E-state index >= 15 is 0 Å². The third kappa shape index (κ3) is 3.48. The molecule has 0 N–H and O–H groups in total. The molecule has 2 rings (SSSR count). The Balaban J connectivity index is 2.08. The zero-order valence-corrected chi connectivity index (χ0v) is 12.8. The first-order valence-electron chi connectivity index (χ1n) is 6.28. The van der Waals surface area contributed by atoms with Crippen molar-refractivity contribution in [3.05, 3.63) is 27.7 Å². The van der Waals surface area contributed by atoms with E-state index in [1.54, 1.807) is 7.11 Å². The van der Waals surface area contributed by atoms with Gasteiger partial charge in [0.1, 0.15) is 5.75 Å². The quantitative estimate of drug-likeness (QED) is 0.796. The van der Waals surface area contributed by atoms with Gasteiger partial charge >= 0.3 is 5.97 Å². The Morgan fingerprint density at radius 1 is 1.42 bits per heavy atom. The molecular formula is C14H18BrNO3. The lowest BCUT2D eigenvalue weighted by Gasteiger charge is -2.29. The number of benzene rings is 1. The number of methoxy groups -OCH3 is 2. The summed E-state index contributed by atoms with van der Waals surface area (Å²) < 4.78 is 11.2. The average molecular weight is 328 g/mol. The predicted molar refractivity (Wildman–Crippen MR) is 76.3 cm³/mol. The van der Waals surface area contributed by atoms with Crippen LogP contribution in [-0.2, 0) is 22.5 Å². The average Bonchev–Trinajstić information content (AvgIpc) is 2.43. The molecule has 0 fully saturated rings. The van der Waals surface area contributed by atoms with Crippen LogP contribution in [-0.4, -0.2) is 38.2 Å². The van der Waals surface area contributed by atoms with Gasteiger partial charge < -0.3 is 9.47 Å². The van der Waals surface area contributed by atoms with Crippen LogP contribution in [0.1, 0.15) is 17.5 Å². The third-order valence-electron chi connectivity index (χ3n) is 3.42. The highest BCUT2D eigenvalue weighted by Gasteiger charge is 2.20. The molecule has 0 saturated heterocycles. The van der Waals surface area contributed by atoms with Gasteiger partial charge in [-0.15, -0.1) is 0 Å². The van der Waals surface area contributed by atoms with Gasteiger partial charge in [0, 0.05) is 29.7 Å². The summed E-state index contributed by atoms with van der Waals surface area (Å²) in [7, 11) is 3.11. The first kappa shape index (κ1) is 14.3. The van der Waals surface area contributed by atoms with Gasteiger partial charge in [-0.3, -0.25) is 9.69 Å². The molecule has 0 bridgehead atoms. The fourth-order valence-electron chi connectivity index (χ4n) is 2.37. The molecule has 0 unspecified atom stereocenters. The minimum atomic E-state index is -0.159. The minimum Gasteiger partial charge on any atom is -0.496 e. The van der Waals surface area contributed by atoms with Gasteiger partial charge in [0.25, 0.3) is 0 Å². The molecule has 19 heavy (non-hydrogen) atoms. The number of nitrogens with zero attached hydrogens (tertiary/aromatic N) is 1. The third-order valence-corrected chi connectivity index (χ3v) is 3.88. The van der Waals surface area contributed by atoms with E-state index in [0.29, 0.717) is 6.42 Å². The van der Waals surface area contributed by atoms with Crippen LogP contribution < -0.4 is 4.74 Å². The Morgan fingerprint density at radius 3 is 2.89 bits per heavy atom. The van der Waals surface area contributed by atoms with Gasteiger partial charge in [-0.2, -0.15) is 0 Å². The molecule has 1 aliphatic rings. The molecule has 1 aliphatic heterocycles. The van der Waals surface area contributed by atoms with Crippen LogP contribution in [0.4, 0.5) is 0 Å². The van der Waals surface area contributed by atoms with E-state index in [9.17, 15) is 4.79 Å². The number of carbonyl (C=O) groups is 1. The van der Waals surface area contributed by atoms with Gasteiger partial charge in [-0.1, -0.05) is 15.9 Å². The molecule has 5 heteroatoms. The maximum absolute atomic E-state index is 11.2. The van der Waals surface area contributed by atoms with Gasteiger partial charge in [0.2, 0.25) is 0 Å². The largest absolute Gasteiger partial charge is 0.496 e. The van der Waals surface area contributed by atoms with Crippen LogP contribution in [0.15, 0.2) is 16.6 Å². The summed E-state index contributed by atoms with van der Waals surface area (Å²) in [4.78, 5) is 13.4. The Morgan fingerprint density at radius 2 is 2.21 bits per heavy atom. The second-order valence-corrected chi connectivity index (χ2v) is 5.51. The zero-order chi connectivity index (χ0) is 13.8. The maximum atomic E-state index is 11.2. The number of hydrogen-bond donors (Lipinski definition) is 0. The van der Waals surface area contributed by atoms with E-state index in [1.807, 2.05) is 6.07 Å². The van der Waals surface area contributed by atoms with Gasteiger partial charge in [0.15, 0.2) is 0 Å². The van der Waals surface area contributed by atoms with Crippen LogP contribution in [0, 0.1) is 0 Å². The van der Waals surface area contributed by atoms with Gasteiger partial charge in [-0.25, -0.2) is 0 Å². The van der Waals surface area contributed by atoms with E-state index < -0.39 is 0 Å². The highest BCUT2D eigenvalue weighted by molar-refractivity contribution is 9.10. The lowest BCUT2D eigenvalue weighted by molar-refractivity contribution is -0.141. The van der Waals surface area contributed by atoms with Crippen molar-refractivity contribution in [2.45, 2.75) is 19.4 Å². The van der Waals surface area contributed by atoms with Crippen molar-refractivity contribution in [1.29, 1.82) is 0 Å². The molecule has 0 aliphatic carbocycles. The summed E-state index contributed by atoms with van der Waals surface area (Å²) >= 11 is 3.50. The van der Waals surface area contributed by atoms with Crippen molar-refractivity contribution >= 4 is 21.9 Å². The number of fused-ring (bicyclic) bond motifs is 1. The Hall–Kier alpha value is -1.07. The van der Waals surface area contributed by atoms with Crippen molar-refractivity contribution < 1.29 is 14.3 Å². The number of halogens is 1. The fraction of sp³-hybridized carbons (Fsp3) is 0.500. The summed E-state index contributed by atoms with van der Waals surface area (Å²) in [5.74, 6) is 0.751. The Bertz CT molecular complexity index is 459. The number of ether oxygens (including phenoxy) is 2. The van der Waals surface area contributed by atoms with Crippen LogP contribution in [0.25, 0.3) is 0 Å². The standard InChI is InChI=1S/C14H18BrNO3/c1-18-13-8-11(15)7-10-3-5-16(9-12(10)13)6-4-14(17)19-2/h7-8H,3-6,9H2,1-2H3. The van der Waals surface area contributed by atoms with Gasteiger partial charge in [-0.05, 0) is 24.1 Å². The summed E-state index contributed by atoms with van der Waals surface area (Å²) in [6.07, 6.45) is 1.41. The second-order valence-electron chi connectivity index (χ2n) is 4.60. The molecule has 0 aromatic heterocycles. The second kappa shape index (κ2) is 6.39. The van der Waals surface area contributed by atoms with Crippen molar-refractivity contribution in [2.75, 3.05) is 27.3 Å². The van der Waals surface area contributed by atoms with Crippen LogP contribution >= 0.6 is 15.9 Å². The fourth-order valence-corrected chi connectivity index (χ4v) is 2.86. The number of rotatable bonds is 4. The molecule has 1 heterocycles. The lowest BCUT2D eigenvalue weighted by Crippen LogP contribution is -2.32. The van der Waals surface area contributed by atoms with Crippen molar-refractivity contribution in [1.82, 2.24) is 4.90 Å². The van der Waals surface area contributed by atoms with Crippen molar-refractivity contribution in [3.8, 4) is 5.75 Å². The Kier molecular flexibility index (Phi) is 4.82. The number of esters is 1. The zero-order valence-electron chi connectivity index (χ0n) is 11.2. The van der Waals surface area contributed by atoms with E-state index in [2.05, 4.69) is 31.6 Å². The summed E-state index contributed by atoms with van der Waals surface area (Å²) in [5.41, 5.74) is 2.54. The van der Waals surface area contributed by atoms with Crippen molar-refractivity contribution in [2.24, 2.45) is 0 Å². The first-order chi connectivity index (χ1) is 9.13. The highest BCUT2D eigenvalue weighted by Crippen LogP contribution is 2.31. The van der Waals surface area contributed by atoms with E-state index in [1.165, 1.54) is 18.2 Å². The molecule has 0 spiro atoms. The molecule has 0 radical (unpaired) electrons. The minimum absolute atomic E-state index is 0.159. The SMILES string of the molecule is COC(=O)CCN1CCc2cc(Br)cc(OC)c2C1. The molecule has 0 atom stereocenters. The molecule has 0 saturated carbocycles. The molecule has 1 aromatic carbocycles.